The lowest BCUT2D eigenvalue weighted by Crippen LogP contribution is -2.39. The fourth-order valence-electron chi connectivity index (χ4n) is 3.14. The Hall–Kier alpha value is -1.91. The Balaban J connectivity index is 2.24. The lowest BCUT2D eigenvalue weighted by molar-refractivity contribution is -0.123. The van der Waals surface area contributed by atoms with Crippen LogP contribution in [0.25, 0.3) is 10.8 Å². The second-order valence-electron chi connectivity index (χ2n) is 6.74. The summed E-state index contributed by atoms with van der Waals surface area (Å²) >= 11 is 0. The largest absolute Gasteiger partial charge is 0.348 e. The monoisotopic (exact) mass is 341 g/mol. The van der Waals surface area contributed by atoms with Gasteiger partial charge in [0.1, 0.15) is 0 Å². The van der Waals surface area contributed by atoms with Crippen LogP contribution < -0.4 is 5.32 Å². The molecule has 0 saturated heterocycles. The van der Waals surface area contributed by atoms with Crippen molar-refractivity contribution in [2.45, 2.75) is 26.3 Å². The highest BCUT2D eigenvalue weighted by Crippen LogP contribution is 2.26. The molecule has 0 bridgehead atoms. The summed E-state index contributed by atoms with van der Waals surface area (Å²) in [7, 11) is 4.13. The third-order valence-corrected chi connectivity index (χ3v) is 4.66. The predicted octanol–water partition coefficient (Wildman–Crippen LogP) is 3.29. The number of carbonyl (C=O) groups excluding carboxylic acids is 1. The molecular formula is C21H31N3O. The minimum absolute atomic E-state index is 0.0246. The van der Waals surface area contributed by atoms with Crippen molar-refractivity contribution in [3.8, 4) is 0 Å². The molecule has 0 spiro atoms. The minimum atomic E-state index is 0.0246. The van der Waals surface area contributed by atoms with Crippen molar-refractivity contribution in [2.24, 2.45) is 0 Å². The van der Waals surface area contributed by atoms with Crippen LogP contribution in [0.3, 0.4) is 0 Å². The van der Waals surface area contributed by atoms with Crippen LogP contribution in [0.4, 0.5) is 0 Å². The van der Waals surface area contributed by atoms with E-state index in [1.54, 1.807) is 0 Å². The summed E-state index contributed by atoms with van der Waals surface area (Å²) in [6.45, 7) is 7.34. The molecule has 0 heterocycles. The van der Waals surface area contributed by atoms with Gasteiger partial charge in [0, 0.05) is 0 Å². The number of hydrogen-bond acceptors (Lipinski definition) is 3. The van der Waals surface area contributed by atoms with Gasteiger partial charge in [0.15, 0.2) is 0 Å². The van der Waals surface area contributed by atoms with E-state index in [1.807, 2.05) is 0 Å². The number of benzene rings is 2. The summed E-state index contributed by atoms with van der Waals surface area (Å²) in [4.78, 5) is 16.9. The minimum Gasteiger partial charge on any atom is -0.348 e. The number of rotatable bonds is 9. The lowest BCUT2D eigenvalue weighted by atomic mass is 9.96. The van der Waals surface area contributed by atoms with Crippen LogP contribution in [0.5, 0.6) is 0 Å². The summed E-state index contributed by atoms with van der Waals surface area (Å²) in [5.74, 6) is 0.0976. The number of nitrogens with zero attached hydrogens (tertiary/aromatic N) is 2. The quantitative estimate of drug-likeness (QED) is 0.760. The first-order valence-corrected chi connectivity index (χ1v) is 9.19. The lowest BCUT2D eigenvalue weighted by Gasteiger charge is -2.24. The molecule has 1 unspecified atom stereocenters. The highest BCUT2D eigenvalue weighted by molar-refractivity contribution is 5.87. The number of carbonyl (C=O) groups is 1. The summed E-state index contributed by atoms with van der Waals surface area (Å²) in [5.41, 5.74) is 1.20. The van der Waals surface area contributed by atoms with Crippen LogP contribution in [0.1, 0.15) is 31.9 Å². The van der Waals surface area contributed by atoms with Gasteiger partial charge in [-0.25, -0.2) is 0 Å². The molecule has 2 rings (SSSR count). The number of nitrogens with one attached hydrogen (secondary N) is 1. The van der Waals surface area contributed by atoms with Crippen molar-refractivity contribution < 1.29 is 4.79 Å². The van der Waals surface area contributed by atoms with Gasteiger partial charge in [-0.1, -0.05) is 56.3 Å². The van der Waals surface area contributed by atoms with E-state index in [0.29, 0.717) is 6.54 Å². The molecule has 0 aliphatic heterocycles. The van der Waals surface area contributed by atoms with Crippen molar-refractivity contribution in [1.82, 2.24) is 15.1 Å². The molecule has 2 aromatic carbocycles. The summed E-state index contributed by atoms with van der Waals surface area (Å²) in [6.07, 6.45) is 0.894. The molecule has 4 nitrogen and oxygen atoms in total. The van der Waals surface area contributed by atoms with Crippen LogP contribution in [0.15, 0.2) is 42.5 Å². The zero-order valence-corrected chi connectivity index (χ0v) is 16.0. The first kappa shape index (κ1) is 19.4. The van der Waals surface area contributed by atoms with Crippen molar-refractivity contribution in [3.05, 3.63) is 48.0 Å². The fourth-order valence-corrected chi connectivity index (χ4v) is 3.14. The van der Waals surface area contributed by atoms with E-state index in [-0.39, 0.29) is 11.9 Å². The molecule has 4 heteroatoms. The van der Waals surface area contributed by atoms with Crippen molar-refractivity contribution in [1.29, 1.82) is 0 Å². The molecule has 0 fully saturated rings. The van der Waals surface area contributed by atoms with Crippen molar-refractivity contribution >= 4 is 16.7 Å². The van der Waals surface area contributed by atoms with Gasteiger partial charge in [0.2, 0.25) is 5.91 Å². The maximum Gasteiger partial charge on any atom is 0.234 e. The maximum atomic E-state index is 12.6. The Morgan fingerprint density at radius 3 is 2.40 bits per heavy atom. The van der Waals surface area contributed by atoms with E-state index in [4.69, 9.17) is 0 Å². The number of hydrogen-bond donors (Lipinski definition) is 1. The van der Waals surface area contributed by atoms with Gasteiger partial charge in [0.05, 0.1) is 12.6 Å². The molecule has 1 atom stereocenters. The van der Waals surface area contributed by atoms with Crippen LogP contribution in [-0.4, -0.2) is 56.0 Å². The molecule has 1 N–H and O–H groups in total. The topological polar surface area (TPSA) is 35.6 Å². The third kappa shape index (κ3) is 5.55. The average Bonchev–Trinajstić information content (AvgIpc) is 2.62. The SMILES string of the molecule is CCN(CC)CC(=O)NC(CCN(C)C)c1cccc2ccccc12. The van der Waals surface area contributed by atoms with E-state index in [0.717, 1.165) is 26.1 Å². The van der Waals surface area contributed by atoms with Gasteiger partial charge in [-0.15, -0.1) is 0 Å². The van der Waals surface area contributed by atoms with E-state index in [2.05, 4.69) is 85.5 Å². The fraction of sp³-hybridized carbons (Fsp3) is 0.476. The first-order valence-electron chi connectivity index (χ1n) is 9.19. The second kappa shape index (κ2) is 9.54. The third-order valence-electron chi connectivity index (χ3n) is 4.66. The standard InChI is InChI=1S/C21H31N3O/c1-5-24(6-2)16-21(25)22-20(14-15-23(3)4)19-13-9-11-17-10-7-8-12-18(17)19/h7-13,20H,5-6,14-16H2,1-4H3,(H,22,25). The molecule has 0 aromatic heterocycles. The first-order chi connectivity index (χ1) is 12.0. The Morgan fingerprint density at radius 1 is 1.04 bits per heavy atom. The normalized spacial score (nSPS) is 12.7. The van der Waals surface area contributed by atoms with Crippen LogP contribution >= 0.6 is 0 Å². The zero-order valence-electron chi connectivity index (χ0n) is 16.0. The van der Waals surface area contributed by atoms with E-state index in [9.17, 15) is 4.79 Å². The van der Waals surface area contributed by atoms with Gasteiger partial charge in [0.25, 0.3) is 0 Å². The van der Waals surface area contributed by atoms with Crippen LogP contribution in [0.2, 0.25) is 0 Å². The van der Waals surface area contributed by atoms with Gasteiger partial charge >= 0.3 is 0 Å². The molecule has 2 aromatic rings. The number of amides is 1. The highest BCUT2D eigenvalue weighted by atomic mass is 16.2. The molecule has 25 heavy (non-hydrogen) atoms. The van der Waals surface area contributed by atoms with Gasteiger partial charge in [-0.2, -0.15) is 0 Å². The molecule has 0 saturated carbocycles. The molecule has 0 aliphatic carbocycles. The molecule has 136 valence electrons. The Morgan fingerprint density at radius 2 is 1.72 bits per heavy atom. The molecule has 1 amide bonds. The zero-order chi connectivity index (χ0) is 18.2. The van der Waals surface area contributed by atoms with E-state index < -0.39 is 0 Å². The predicted molar refractivity (Wildman–Crippen MR) is 106 cm³/mol. The summed E-state index contributed by atoms with van der Waals surface area (Å²) in [5, 5.41) is 5.71. The summed E-state index contributed by atoms with van der Waals surface area (Å²) in [6, 6.07) is 14.8. The van der Waals surface area contributed by atoms with Crippen molar-refractivity contribution in [2.75, 3.05) is 40.3 Å². The van der Waals surface area contributed by atoms with E-state index in [1.165, 1.54) is 16.3 Å². The van der Waals surface area contributed by atoms with Crippen LogP contribution in [-0.2, 0) is 4.79 Å². The summed E-state index contributed by atoms with van der Waals surface area (Å²) < 4.78 is 0. The number of fused-ring (bicyclic) bond motifs is 1. The Bertz CT molecular complexity index is 674. The van der Waals surface area contributed by atoms with Gasteiger partial charge < -0.3 is 10.2 Å². The van der Waals surface area contributed by atoms with Crippen LogP contribution in [0, 0.1) is 0 Å². The van der Waals surface area contributed by atoms with Gasteiger partial charge in [-0.3, -0.25) is 9.69 Å². The average molecular weight is 341 g/mol. The Labute approximate surface area is 151 Å². The van der Waals surface area contributed by atoms with E-state index >= 15 is 0 Å². The Kier molecular flexibility index (Phi) is 7.41. The molecule has 0 radical (unpaired) electrons. The second-order valence-corrected chi connectivity index (χ2v) is 6.74. The smallest absolute Gasteiger partial charge is 0.234 e. The highest BCUT2D eigenvalue weighted by Gasteiger charge is 2.18. The maximum absolute atomic E-state index is 12.6. The molecule has 0 aliphatic rings. The number of likely N-dealkylation sites (N-methyl/N-ethyl adjacent to an activating group) is 1. The van der Waals surface area contributed by atoms with Crippen molar-refractivity contribution in [3.63, 3.8) is 0 Å². The van der Waals surface area contributed by atoms with Gasteiger partial charge in [-0.05, 0) is 56.5 Å². The molecular weight excluding hydrogens is 310 g/mol.